The Labute approximate surface area is 358 Å². The quantitative estimate of drug-likeness (QED) is 0.0266. The molecule has 0 fully saturated rings. The first kappa shape index (κ1) is 56.8. The van der Waals surface area contributed by atoms with E-state index >= 15 is 0 Å². The minimum Gasteiger partial charge on any atom is -0.462 e. The van der Waals surface area contributed by atoms with Crippen LogP contribution in [-0.2, 0) is 32.7 Å². The summed E-state index contributed by atoms with van der Waals surface area (Å²) in [5.41, 5.74) is 5.34. The summed E-state index contributed by atoms with van der Waals surface area (Å²) >= 11 is 0. The molecule has 344 valence electrons. The van der Waals surface area contributed by atoms with Gasteiger partial charge in [0.05, 0.1) is 13.2 Å². The Kier molecular flexibility index (Phi) is 44.3. The molecular weight excluding hydrogens is 750 g/mol. The van der Waals surface area contributed by atoms with Gasteiger partial charge in [0.2, 0.25) is 0 Å². The van der Waals surface area contributed by atoms with Crippen molar-refractivity contribution in [3.63, 3.8) is 0 Å². The van der Waals surface area contributed by atoms with Gasteiger partial charge in [-0.05, 0) is 38.5 Å². The summed E-state index contributed by atoms with van der Waals surface area (Å²) < 4.78 is 32.6. The predicted molar refractivity (Wildman–Crippen MR) is 243 cm³/mol. The van der Waals surface area contributed by atoms with Crippen molar-refractivity contribution < 1.29 is 37.6 Å². The highest BCUT2D eigenvalue weighted by Crippen LogP contribution is 2.43. The van der Waals surface area contributed by atoms with E-state index in [2.05, 4.69) is 26.0 Å². The lowest BCUT2D eigenvalue weighted by atomic mass is 10.0. The number of carbonyl (C=O) groups is 2. The van der Waals surface area contributed by atoms with Gasteiger partial charge in [0.15, 0.2) is 6.10 Å². The molecule has 2 unspecified atom stereocenters. The summed E-state index contributed by atoms with van der Waals surface area (Å²) in [4.78, 5) is 34.6. The standard InChI is InChI=1S/C48H94NO8P/c1-3-5-7-9-11-12-13-14-15-16-17-18-19-20-21-22-23-24-25-26-27-28-29-30-31-32-33-34-35-37-39-41-48(51)57-46(45-56-58(52,53)55-43-42-49)44-54-47(50)40-38-36-10-8-6-4-2/h16-17,46H,3-15,18-45,49H2,1-2H3,(H,52,53)/b17-16-. The van der Waals surface area contributed by atoms with Crippen molar-refractivity contribution in [1.29, 1.82) is 0 Å². The number of hydrogen-bond acceptors (Lipinski definition) is 8. The Morgan fingerprint density at radius 2 is 0.845 bits per heavy atom. The molecule has 0 rings (SSSR count). The lowest BCUT2D eigenvalue weighted by Crippen LogP contribution is -2.29. The van der Waals surface area contributed by atoms with Gasteiger partial charge in [-0.2, -0.15) is 0 Å². The third-order valence-electron chi connectivity index (χ3n) is 10.9. The lowest BCUT2D eigenvalue weighted by molar-refractivity contribution is -0.161. The Morgan fingerprint density at radius 1 is 0.500 bits per heavy atom. The predicted octanol–water partition coefficient (Wildman–Crippen LogP) is 14.6. The maximum absolute atomic E-state index is 12.6. The maximum Gasteiger partial charge on any atom is 0.472 e. The summed E-state index contributed by atoms with van der Waals surface area (Å²) in [5, 5.41) is 0. The van der Waals surface area contributed by atoms with Gasteiger partial charge >= 0.3 is 19.8 Å². The number of nitrogens with two attached hydrogens (primary N) is 1. The molecule has 0 heterocycles. The Morgan fingerprint density at radius 3 is 1.22 bits per heavy atom. The summed E-state index contributed by atoms with van der Waals surface area (Å²) in [6.45, 7) is 3.69. The van der Waals surface area contributed by atoms with Crippen molar-refractivity contribution in [1.82, 2.24) is 0 Å². The molecule has 0 aromatic carbocycles. The highest BCUT2D eigenvalue weighted by Gasteiger charge is 2.26. The van der Waals surface area contributed by atoms with E-state index in [0.29, 0.717) is 6.42 Å². The SMILES string of the molecule is CCCCCCCCCC/C=C\CCCCCCCCCCCCCCCCCCCCCC(=O)OC(COC(=O)CCCCCCCC)COP(=O)(O)OCCN. The fourth-order valence-electron chi connectivity index (χ4n) is 7.22. The van der Waals surface area contributed by atoms with E-state index in [1.807, 2.05) is 0 Å². The smallest absolute Gasteiger partial charge is 0.462 e. The molecule has 0 spiro atoms. The summed E-state index contributed by atoms with van der Waals surface area (Å²) in [6, 6.07) is 0. The van der Waals surface area contributed by atoms with Gasteiger partial charge in [-0.3, -0.25) is 18.6 Å². The average molecular weight is 844 g/mol. The van der Waals surface area contributed by atoms with Crippen LogP contribution in [0.2, 0.25) is 0 Å². The molecule has 0 radical (unpaired) electrons. The summed E-state index contributed by atoms with van der Waals surface area (Å²) in [6.07, 6.45) is 48.9. The second-order valence-corrected chi connectivity index (χ2v) is 18.1. The molecule has 58 heavy (non-hydrogen) atoms. The van der Waals surface area contributed by atoms with Gasteiger partial charge in [0.25, 0.3) is 0 Å². The van der Waals surface area contributed by atoms with Crippen molar-refractivity contribution in [3.8, 4) is 0 Å². The van der Waals surface area contributed by atoms with Gasteiger partial charge in [0, 0.05) is 19.4 Å². The van der Waals surface area contributed by atoms with Gasteiger partial charge in [-0.1, -0.05) is 212 Å². The second kappa shape index (κ2) is 45.3. The van der Waals surface area contributed by atoms with Gasteiger partial charge in [0.1, 0.15) is 6.61 Å². The van der Waals surface area contributed by atoms with E-state index in [0.717, 1.165) is 38.5 Å². The fraction of sp³-hybridized carbons (Fsp3) is 0.917. The fourth-order valence-corrected chi connectivity index (χ4v) is 7.99. The number of hydrogen-bond donors (Lipinski definition) is 2. The van der Waals surface area contributed by atoms with Crippen LogP contribution < -0.4 is 5.73 Å². The molecule has 0 aromatic rings. The molecule has 10 heteroatoms. The third kappa shape index (κ3) is 44.3. The number of phosphoric ester groups is 1. The Balaban J connectivity index is 3.74. The number of allylic oxidation sites excluding steroid dienone is 2. The number of esters is 2. The zero-order valence-electron chi connectivity index (χ0n) is 38.1. The maximum atomic E-state index is 12.6. The van der Waals surface area contributed by atoms with Crippen molar-refractivity contribution in [2.24, 2.45) is 5.73 Å². The lowest BCUT2D eigenvalue weighted by Gasteiger charge is -2.19. The molecular formula is C48H94NO8P. The van der Waals surface area contributed by atoms with Crippen molar-refractivity contribution >= 4 is 19.8 Å². The third-order valence-corrected chi connectivity index (χ3v) is 11.9. The highest BCUT2D eigenvalue weighted by molar-refractivity contribution is 7.47. The average Bonchev–Trinajstić information content (AvgIpc) is 3.21. The molecule has 0 saturated heterocycles. The van der Waals surface area contributed by atoms with E-state index in [4.69, 9.17) is 24.3 Å². The Bertz CT molecular complexity index is 964. The van der Waals surface area contributed by atoms with E-state index in [-0.39, 0.29) is 38.6 Å². The normalized spacial score (nSPS) is 13.2. The molecule has 0 aromatic heterocycles. The summed E-state index contributed by atoms with van der Waals surface area (Å²) in [5.74, 6) is -0.826. The van der Waals surface area contributed by atoms with E-state index in [1.165, 1.54) is 180 Å². The van der Waals surface area contributed by atoms with E-state index in [9.17, 15) is 19.0 Å². The van der Waals surface area contributed by atoms with Gasteiger partial charge < -0.3 is 20.1 Å². The first-order valence-electron chi connectivity index (χ1n) is 24.7. The molecule has 0 aliphatic heterocycles. The van der Waals surface area contributed by atoms with Crippen molar-refractivity contribution in [3.05, 3.63) is 12.2 Å². The van der Waals surface area contributed by atoms with Crippen LogP contribution in [-0.4, -0.2) is 49.3 Å². The molecule has 2 atom stereocenters. The molecule has 0 aliphatic rings. The monoisotopic (exact) mass is 844 g/mol. The molecule has 9 nitrogen and oxygen atoms in total. The second-order valence-electron chi connectivity index (χ2n) is 16.7. The van der Waals surface area contributed by atoms with Crippen LogP contribution in [0.3, 0.4) is 0 Å². The van der Waals surface area contributed by atoms with Crippen LogP contribution in [0.4, 0.5) is 0 Å². The zero-order valence-corrected chi connectivity index (χ0v) is 38.9. The van der Waals surface area contributed by atoms with Crippen LogP contribution in [0.1, 0.15) is 251 Å². The molecule has 0 saturated carbocycles. The van der Waals surface area contributed by atoms with Crippen LogP contribution in [0, 0.1) is 0 Å². The van der Waals surface area contributed by atoms with Gasteiger partial charge in [-0.25, -0.2) is 4.57 Å². The van der Waals surface area contributed by atoms with Crippen LogP contribution in [0.25, 0.3) is 0 Å². The minimum absolute atomic E-state index is 0.0566. The highest BCUT2D eigenvalue weighted by atomic mass is 31.2. The van der Waals surface area contributed by atoms with Gasteiger partial charge in [-0.15, -0.1) is 0 Å². The van der Waals surface area contributed by atoms with Crippen LogP contribution >= 0.6 is 7.82 Å². The van der Waals surface area contributed by atoms with E-state index < -0.39 is 26.5 Å². The molecule has 3 N–H and O–H groups in total. The number of rotatable bonds is 47. The van der Waals surface area contributed by atoms with Crippen LogP contribution in [0.5, 0.6) is 0 Å². The van der Waals surface area contributed by atoms with Crippen molar-refractivity contribution in [2.45, 2.75) is 258 Å². The van der Waals surface area contributed by atoms with E-state index in [1.54, 1.807) is 0 Å². The minimum atomic E-state index is -4.36. The Hall–Kier alpha value is -1.25. The zero-order chi connectivity index (χ0) is 42.5. The molecule has 0 amide bonds. The molecule has 0 aliphatic carbocycles. The first-order chi connectivity index (χ1) is 28.3. The number of phosphoric acid groups is 1. The number of ether oxygens (including phenoxy) is 2. The van der Waals surface area contributed by atoms with Crippen molar-refractivity contribution in [2.75, 3.05) is 26.4 Å². The summed E-state index contributed by atoms with van der Waals surface area (Å²) in [7, 11) is -4.36. The number of carbonyl (C=O) groups excluding carboxylic acids is 2. The van der Waals surface area contributed by atoms with Crippen LogP contribution in [0.15, 0.2) is 12.2 Å². The molecule has 0 bridgehead atoms. The topological polar surface area (TPSA) is 134 Å². The first-order valence-corrected chi connectivity index (χ1v) is 26.2. The number of unbranched alkanes of at least 4 members (excludes halogenated alkanes) is 32. The largest absolute Gasteiger partial charge is 0.472 e.